The van der Waals surface area contributed by atoms with Crippen molar-refractivity contribution in [1.82, 2.24) is 29.6 Å². The number of rotatable bonds is 4. The maximum atomic E-state index is 12.6. The fourth-order valence-corrected chi connectivity index (χ4v) is 3.01. The van der Waals surface area contributed by atoms with Gasteiger partial charge in [0.2, 0.25) is 0 Å². The molecule has 1 amide bonds. The van der Waals surface area contributed by atoms with Crippen LogP contribution in [0, 0.1) is 0 Å². The van der Waals surface area contributed by atoms with E-state index in [0.717, 1.165) is 5.56 Å². The average molecular weight is 388 g/mol. The van der Waals surface area contributed by atoms with Gasteiger partial charge in [-0.1, -0.05) is 6.07 Å². The van der Waals surface area contributed by atoms with Crippen LogP contribution >= 0.6 is 11.8 Å². The molecule has 0 saturated carbocycles. The van der Waals surface area contributed by atoms with E-state index in [1.807, 2.05) is 0 Å². The van der Waals surface area contributed by atoms with E-state index in [-0.39, 0.29) is 18.1 Å². The minimum atomic E-state index is -0.436. The molecule has 11 heteroatoms. The first kappa shape index (κ1) is 17.0. The smallest absolute Gasteiger partial charge is 0.408 e. The van der Waals surface area contributed by atoms with Crippen molar-refractivity contribution in [2.24, 2.45) is 14.1 Å². The summed E-state index contributed by atoms with van der Waals surface area (Å²) in [4.78, 5) is 34.8. The van der Waals surface area contributed by atoms with Crippen LogP contribution in [0.1, 0.15) is 16.1 Å². The van der Waals surface area contributed by atoms with Gasteiger partial charge >= 0.3 is 5.76 Å². The van der Waals surface area contributed by atoms with Crippen LogP contribution in [-0.4, -0.2) is 30.2 Å². The highest BCUT2D eigenvalue weighted by Crippen LogP contribution is 2.22. The van der Waals surface area contributed by atoms with Crippen molar-refractivity contribution < 1.29 is 9.21 Å². The number of aryl methyl sites for hydroxylation is 2. The minimum Gasteiger partial charge on any atom is -0.408 e. The van der Waals surface area contributed by atoms with Crippen molar-refractivity contribution in [1.29, 1.82) is 0 Å². The van der Waals surface area contributed by atoms with Gasteiger partial charge < -0.3 is 9.73 Å². The maximum Gasteiger partial charge on any atom is 0.419 e. The molecule has 0 radical (unpaired) electrons. The highest BCUT2D eigenvalue weighted by atomic mass is 35.5. The predicted molar refractivity (Wildman–Crippen MR) is 98.4 cm³/mol. The number of carbonyl (C=O) groups is 1. The van der Waals surface area contributed by atoms with E-state index < -0.39 is 5.76 Å². The van der Waals surface area contributed by atoms with Crippen molar-refractivity contribution in [3.05, 3.63) is 46.3 Å². The Bertz CT molecular complexity index is 1240. The summed E-state index contributed by atoms with van der Waals surface area (Å²) in [5, 5.41) is 6.98. The molecule has 138 valence electrons. The lowest BCUT2D eigenvalue weighted by atomic mass is 10.2. The van der Waals surface area contributed by atoms with Gasteiger partial charge in [0.1, 0.15) is 17.4 Å². The van der Waals surface area contributed by atoms with Crippen molar-refractivity contribution in [3.63, 3.8) is 0 Å². The standard InChI is InChI=1S/C16H14ClN7O3/c1-23-9-5-8(3-4-10(9)27-16(23)26)6-18-15(25)12-13-11(19-7-20-12)14(21-17)22-24(13)2/h3-5,7H,6H2,1-2H3,(H,18,25)(H,21,22). The van der Waals surface area contributed by atoms with E-state index in [1.54, 1.807) is 32.3 Å². The zero-order chi connectivity index (χ0) is 19.1. The van der Waals surface area contributed by atoms with Gasteiger partial charge in [0, 0.05) is 32.4 Å². The molecule has 0 aliphatic heterocycles. The van der Waals surface area contributed by atoms with Gasteiger partial charge in [-0.25, -0.2) is 14.8 Å². The summed E-state index contributed by atoms with van der Waals surface area (Å²) in [6, 6.07) is 5.26. The number of nitrogens with one attached hydrogen (secondary N) is 2. The number of oxazole rings is 1. The summed E-state index contributed by atoms with van der Waals surface area (Å²) in [6.45, 7) is 0.248. The largest absolute Gasteiger partial charge is 0.419 e. The Balaban J connectivity index is 1.62. The molecule has 0 spiro atoms. The molecule has 1 aromatic carbocycles. The summed E-state index contributed by atoms with van der Waals surface area (Å²) in [5.74, 6) is -0.473. The SMILES string of the molecule is Cn1nc(NCl)c2ncnc(C(=O)NCc3ccc4oc(=O)n(C)c4c3)c21. The summed E-state index contributed by atoms with van der Waals surface area (Å²) in [5.41, 5.74) is 3.05. The molecule has 3 aromatic heterocycles. The van der Waals surface area contributed by atoms with Crippen LogP contribution < -0.4 is 15.9 Å². The van der Waals surface area contributed by atoms with E-state index in [9.17, 15) is 9.59 Å². The minimum absolute atomic E-state index is 0.185. The van der Waals surface area contributed by atoms with E-state index in [1.165, 1.54) is 15.6 Å². The highest BCUT2D eigenvalue weighted by molar-refractivity contribution is 6.25. The van der Waals surface area contributed by atoms with Crippen molar-refractivity contribution in [3.8, 4) is 0 Å². The van der Waals surface area contributed by atoms with Crippen molar-refractivity contribution in [2.45, 2.75) is 6.54 Å². The van der Waals surface area contributed by atoms with E-state index in [4.69, 9.17) is 16.2 Å². The average Bonchev–Trinajstić information content (AvgIpc) is 3.16. The molecule has 4 rings (SSSR count). The van der Waals surface area contributed by atoms with Crippen LogP contribution in [-0.2, 0) is 20.6 Å². The maximum absolute atomic E-state index is 12.6. The molecule has 0 bridgehead atoms. The number of aromatic nitrogens is 5. The summed E-state index contributed by atoms with van der Waals surface area (Å²) < 4.78 is 8.00. The molecular weight excluding hydrogens is 374 g/mol. The zero-order valence-corrected chi connectivity index (χ0v) is 15.1. The molecule has 0 unspecified atom stereocenters. The molecule has 0 saturated heterocycles. The first-order valence-electron chi connectivity index (χ1n) is 7.90. The van der Waals surface area contributed by atoms with Crippen LogP contribution in [0.5, 0.6) is 0 Å². The third-order valence-corrected chi connectivity index (χ3v) is 4.41. The Hall–Kier alpha value is -3.40. The molecule has 0 fully saturated rings. The number of halogens is 1. The van der Waals surface area contributed by atoms with Crippen LogP contribution in [0.25, 0.3) is 22.1 Å². The lowest BCUT2D eigenvalue weighted by Gasteiger charge is -2.06. The fourth-order valence-electron chi connectivity index (χ4n) is 2.88. The lowest BCUT2D eigenvalue weighted by molar-refractivity contribution is 0.0947. The van der Waals surface area contributed by atoms with Crippen molar-refractivity contribution in [2.75, 3.05) is 4.84 Å². The third-order valence-electron chi connectivity index (χ3n) is 4.23. The number of fused-ring (bicyclic) bond motifs is 2. The van der Waals surface area contributed by atoms with Gasteiger partial charge in [-0.15, -0.1) is 0 Å². The van der Waals surface area contributed by atoms with E-state index in [0.29, 0.717) is 28.0 Å². The monoisotopic (exact) mass is 387 g/mol. The van der Waals surface area contributed by atoms with E-state index in [2.05, 4.69) is 25.2 Å². The van der Waals surface area contributed by atoms with Gasteiger partial charge in [-0.05, 0) is 17.7 Å². The number of hydrogen-bond donors (Lipinski definition) is 2. The number of nitrogens with zero attached hydrogens (tertiary/aromatic N) is 5. The molecule has 10 nitrogen and oxygen atoms in total. The third kappa shape index (κ3) is 2.79. The van der Waals surface area contributed by atoms with Gasteiger partial charge in [-0.2, -0.15) is 5.10 Å². The molecule has 0 aliphatic carbocycles. The first-order chi connectivity index (χ1) is 13.0. The number of amides is 1. The number of carbonyl (C=O) groups excluding carboxylic acids is 1. The molecule has 3 heterocycles. The summed E-state index contributed by atoms with van der Waals surface area (Å²) in [6.07, 6.45) is 1.28. The summed E-state index contributed by atoms with van der Waals surface area (Å²) >= 11 is 5.64. The first-order valence-corrected chi connectivity index (χ1v) is 8.28. The quantitative estimate of drug-likeness (QED) is 0.506. The number of benzene rings is 1. The molecule has 0 aliphatic rings. The fraction of sp³-hybridized carbons (Fsp3) is 0.188. The van der Waals surface area contributed by atoms with Gasteiger partial charge in [0.15, 0.2) is 17.1 Å². The molecule has 27 heavy (non-hydrogen) atoms. The Morgan fingerprint density at radius 3 is 2.89 bits per heavy atom. The number of anilines is 1. The zero-order valence-electron chi connectivity index (χ0n) is 14.4. The van der Waals surface area contributed by atoms with Gasteiger partial charge in [0.05, 0.1) is 5.52 Å². The van der Waals surface area contributed by atoms with Crippen LogP contribution in [0.4, 0.5) is 5.82 Å². The second kappa shape index (κ2) is 6.40. The normalized spacial score (nSPS) is 11.2. The van der Waals surface area contributed by atoms with E-state index >= 15 is 0 Å². The topological polar surface area (TPSA) is 120 Å². The predicted octanol–water partition coefficient (Wildman–Crippen LogP) is 1.30. The Kier molecular flexibility index (Phi) is 4.04. The highest BCUT2D eigenvalue weighted by Gasteiger charge is 2.19. The molecule has 0 atom stereocenters. The lowest BCUT2D eigenvalue weighted by Crippen LogP contribution is -2.24. The second-order valence-electron chi connectivity index (χ2n) is 5.90. The van der Waals surface area contributed by atoms with Crippen LogP contribution in [0.2, 0.25) is 0 Å². The number of hydrogen-bond acceptors (Lipinski definition) is 7. The second-order valence-corrected chi connectivity index (χ2v) is 6.09. The molecule has 4 aromatic rings. The summed E-state index contributed by atoms with van der Waals surface area (Å²) in [7, 11) is 3.30. The molecular formula is C16H14ClN7O3. The van der Waals surface area contributed by atoms with Crippen molar-refractivity contribution >= 4 is 45.6 Å². The van der Waals surface area contributed by atoms with Crippen LogP contribution in [0.15, 0.2) is 33.7 Å². The Labute approximate surface area is 156 Å². The van der Waals surface area contributed by atoms with Crippen LogP contribution in [0.3, 0.4) is 0 Å². The Morgan fingerprint density at radius 1 is 1.30 bits per heavy atom. The van der Waals surface area contributed by atoms with Gasteiger partial charge in [0.25, 0.3) is 5.91 Å². The Morgan fingerprint density at radius 2 is 2.11 bits per heavy atom. The molecule has 2 N–H and O–H groups in total. The van der Waals surface area contributed by atoms with Gasteiger partial charge in [-0.3, -0.25) is 18.9 Å².